The van der Waals surface area contributed by atoms with Crippen molar-refractivity contribution >= 4 is 17.2 Å². The Labute approximate surface area is 169 Å². The van der Waals surface area contributed by atoms with E-state index in [-0.39, 0.29) is 17.9 Å². The summed E-state index contributed by atoms with van der Waals surface area (Å²) in [5, 5.41) is 0. The summed E-state index contributed by atoms with van der Waals surface area (Å²) in [4.78, 5) is 14.2. The normalized spacial score (nSPS) is 14.4. The van der Waals surface area contributed by atoms with Gasteiger partial charge in [-0.1, -0.05) is 24.3 Å². The van der Waals surface area contributed by atoms with Crippen LogP contribution in [-0.2, 0) is 25.6 Å². The first-order chi connectivity index (χ1) is 14.1. The topological polar surface area (TPSA) is 57.2 Å². The van der Waals surface area contributed by atoms with Crippen LogP contribution in [0.2, 0.25) is 0 Å². The lowest BCUT2D eigenvalue weighted by molar-refractivity contribution is -0.133. The number of benzene rings is 2. The first-order valence-corrected chi connectivity index (χ1v) is 9.28. The fourth-order valence-corrected chi connectivity index (χ4v) is 3.14. The highest BCUT2D eigenvalue weighted by molar-refractivity contribution is 6.16. The van der Waals surface area contributed by atoms with Crippen molar-refractivity contribution < 1.29 is 28.1 Å². The average Bonchev–Trinajstić information content (AvgIpc) is 2.77. The summed E-state index contributed by atoms with van der Waals surface area (Å²) >= 11 is 0. The number of anilines is 1. The summed E-state index contributed by atoms with van der Waals surface area (Å²) in [6, 6.07) is 12.1. The summed E-state index contributed by atoms with van der Waals surface area (Å²) in [5.74, 6) is -0.820. The third-order valence-electron chi connectivity index (χ3n) is 4.62. The molecule has 0 saturated carbocycles. The molecule has 1 heterocycles. The number of morpholine rings is 1. The van der Waals surface area contributed by atoms with Crippen molar-refractivity contribution in [2.75, 3.05) is 45.4 Å². The number of rotatable bonds is 7. The monoisotopic (exact) mass is 401 g/mol. The van der Waals surface area contributed by atoms with Gasteiger partial charge in [0.15, 0.2) is 11.6 Å². The number of hydrogen-bond acceptors (Lipinski definition) is 6. The van der Waals surface area contributed by atoms with Gasteiger partial charge in [-0.2, -0.15) is 0 Å². The van der Waals surface area contributed by atoms with E-state index in [2.05, 4.69) is 4.90 Å². The van der Waals surface area contributed by atoms with Crippen LogP contribution in [-0.4, -0.2) is 46.5 Å². The fraction of sp³-hybridized carbons (Fsp3) is 0.318. The lowest BCUT2D eigenvalue weighted by atomic mass is 10.0. The van der Waals surface area contributed by atoms with Crippen LogP contribution in [0.25, 0.3) is 5.57 Å². The van der Waals surface area contributed by atoms with Gasteiger partial charge >= 0.3 is 5.97 Å². The van der Waals surface area contributed by atoms with E-state index in [0.717, 1.165) is 18.8 Å². The first kappa shape index (κ1) is 20.7. The Bertz CT molecular complexity index is 877. The average molecular weight is 401 g/mol. The molecule has 1 saturated heterocycles. The quantitative estimate of drug-likeness (QED) is 0.403. The minimum Gasteiger partial charge on any atom is -0.503 e. The number of carbonyl (C=O) groups excluding carboxylic acids is 1. The lowest BCUT2D eigenvalue weighted by Crippen LogP contribution is -2.36. The molecule has 0 spiro atoms. The Morgan fingerprint density at radius 3 is 2.62 bits per heavy atom. The van der Waals surface area contributed by atoms with Gasteiger partial charge < -0.3 is 23.8 Å². The molecule has 0 amide bonds. The standard InChI is InChI=1S/C22H24FNO5/c1-26-15-19(22(25)27-2)18-6-4-3-5-16(18)14-29-21-8-7-17(13-20(21)23)24-9-11-28-12-10-24/h3-8,13,15H,9-12,14H2,1-2H3/b19-15-. The third kappa shape index (κ3) is 5.06. The van der Waals surface area contributed by atoms with E-state index in [0.29, 0.717) is 24.3 Å². The third-order valence-corrected chi connectivity index (χ3v) is 4.62. The van der Waals surface area contributed by atoms with Crippen molar-refractivity contribution in [3.8, 4) is 5.75 Å². The van der Waals surface area contributed by atoms with Gasteiger partial charge in [-0.15, -0.1) is 0 Å². The predicted octanol–water partition coefficient (Wildman–Crippen LogP) is 3.40. The Balaban J connectivity index is 1.76. The van der Waals surface area contributed by atoms with E-state index in [1.807, 2.05) is 18.2 Å². The van der Waals surface area contributed by atoms with Gasteiger partial charge in [-0.05, 0) is 23.3 Å². The Kier molecular flexibility index (Phi) is 7.08. The number of carbonyl (C=O) groups is 1. The molecule has 154 valence electrons. The highest BCUT2D eigenvalue weighted by atomic mass is 19.1. The molecule has 1 aliphatic rings. The van der Waals surface area contributed by atoms with Crippen LogP contribution in [0.5, 0.6) is 5.75 Å². The van der Waals surface area contributed by atoms with Crippen LogP contribution in [0.15, 0.2) is 48.7 Å². The molecule has 1 fully saturated rings. The minimum absolute atomic E-state index is 0.0854. The zero-order valence-electron chi connectivity index (χ0n) is 16.5. The molecule has 29 heavy (non-hydrogen) atoms. The smallest absolute Gasteiger partial charge is 0.341 e. The Hall–Kier alpha value is -3.06. The largest absolute Gasteiger partial charge is 0.503 e. The Morgan fingerprint density at radius 1 is 1.17 bits per heavy atom. The lowest BCUT2D eigenvalue weighted by Gasteiger charge is -2.29. The molecule has 0 aliphatic carbocycles. The zero-order valence-corrected chi connectivity index (χ0v) is 16.5. The van der Waals surface area contributed by atoms with E-state index in [1.54, 1.807) is 18.2 Å². The van der Waals surface area contributed by atoms with Crippen molar-refractivity contribution in [2.45, 2.75) is 6.61 Å². The van der Waals surface area contributed by atoms with E-state index >= 15 is 0 Å². The van der Waals surface area contributed by atoms with Gasteiger partial charge in [0.05, 0.1) is 33.7 Å². The van der Waals surface area contributed by atoms with Gasteiger partial charge in [-0.25, -0.2) is 9.18 Å². The van der Waals surface area contributed by atoms with Crippen LogP contribution < -0.4 is 9.64 Å². The van der Waals surface area contributed by atoms with Crippen molar-refractivity contribution in [2.24, 2.45) is 0 Å². The second-order valence-electron chi connectivity index (χ2n) is 6.42. The molecule has 3 rings (SSSR count). The maximum absolute atomic E-state index is 14.6. The minimum atomic E-state index is -0.527. The highest BCUT2D eigenvalue weighted by Gasteiger charge is 2.18. The van der Waals surface area contributed by atoms with Gasteiger partial charge in [0.2, 0.25) is 0 Å². The maximum Gasteiger partial charge on any atom is 0.341 e. The van der Waals surface area contributed by atoms with Crippen molar-refractivity contribution in [1.82, 2.24) is 0 Å². The predicted molar refractivity (Wildman–Crippen MR) is 107 cm³/mol. The molecule has 7 heteroatoms. The second-order valence-corrected chi connectivity index (χ2v) is 6.42. The molecule has 0 unspecified atom stereocenters. The number of nitrogens with zero attached hydrogens (tertiary/aromatic N) is 1. The SMILES string of the molecule is CO/C=C(\C(=O)OC)c1ccccc1COc1ccc(N2CCOCC2)cc1F. The summed E-state index contributed by atoms with van der Waals surface area (Å²) in [7, 11) is 2.75. The molecule has 1 aliphatic heterocycles. The highest BCUT2D eigenvalue weighted by Crippen LogP contribution is 2.27. The van der Waals surface area contributed by atoms with Gasteiger partial charge in [0, 0.05) is 24.8 Å². The Morgan fingerprint density at radius 2 is 1.93 bits per heavy atom. The van der Waals surface area contributed by atoms with Crippen LogP contribution in [0.1, 0.15) is 11.1 Å². The summed E-state index contributed by atoms with van der Waals surface area (Å²) in [6.45, 7) is 2.81. The number of ether oxygens (including phenoxy) is 4. The second kappa shape index (κ2) is 9.93. The van der Waals surface area contributed by atoms with Crippen molar-refractivity contribution in [3.05, 3.63) is 65.7 Å². The molecule has 6 nitrogen and oxygen atoms in total. The number of hydrogen-bond donors (Lipinski definition) is 0. The molecular weight excluding hydrogens is 377 g/mol. The number of esters is 1. The van der Waals surface area contributed by atoms with Gasteiger partial charge in [0.1, 0.15) is 12.2 Å². The molecule has 2 aromatic rings. The van der Waals surface area contributed by atoms with Crippen molar-refractivity contribution in [1.29, 1.82) is 0 Å². The van der Waals surface area contributed by atoms with E-state index in [4.69, 9.17) is 18.9 Å². The first-order valence-electron chi connectivity index (χ1n) is 9.28. The summed E-state index contributed by atoms with van der Waals surface area (Å²) in [6.07, 6.45) is 1.32. The van der Waals surface area contributed by atoms with Crippen molar-refractivity contribution in [3.63, 3.8) is 0 Å². The molecule has 0 aromatic heterocycles. The van der Waals surface area contributed by atoms with Crippen LogP contribution in [0, 0.1) is 5.82 Å². The maximum atomic E-state index is 14.6. The number of halogens is 1. The number of methoxy groups -OCH3 is 2. The van der Waals surface area contributed by atoms with E-state index in [1.165, 1.54) is 26.5 Å². The molecule has 0 bridgehead atoms. The van der Waals surface area contributed by atoms with Crippen LogP contribution in [0.4, 0.5) is 10.1 Å². The van der Waals surface area contributed by atoms with Gasteiger partial charge in [0.25, 0.3) is 0 Å². The molecule has 0 radical (unpaired) electrons. The summed E-state index contributed by atoms with van der Waals surface area (Å²) in [5.41, 5.74) is 2.37. The summed E-state index contributed by atoms with van der Waals surface area (Å²) < 4.78 is 35.5. The van der Waals surface area contributed by atoms with Crippen LogP contribution in [0.3, 0.4) is 0 Å². The molecule has 0 N–H and O–H groups in total. The van der Waals surface area contributed by atoms with Crippen LogP contribution >= 0.6 is 0 Å². The molecular formula is C22H24FNO5. The molecule has 0 atom stereocenters. The van der Waals surface area contributed by atoms with E-state index < -0.39 is 11.8 Å². The fourth-order valence-electron chi connectivity index (χ4n) is 3.14. The zero-order chi connectivity index (χ0) is 20.6. The molecule has 2 aromatic carbocycles. The van der Waals surface area contributed by atoms with E-state index in [9.17, 15) is 9.18 Å². The van der Waals surface area contributed by atoms with Gasteiger partial charge in [-0.3, -0.25) is 0 Å².